The van der Waals surface area contributed by atoms with Crippen LogP contribution in [0.3, 0.4) is 0 Å². The van der Waals surface area contributed by atoms with Crippen molar-refractivity contribution in [1.29, 1.82) is 0 Å². The van der Waals surface area contributed by atoms with E-state index in [2.05, 4.69) is 31.2 Å². The zero-order valence-electron chi connectivity index (χ0n) is 12.9. The van der Waals surface area contributed by atoms with Crippen LogP contribution in [0.2, 0.25) is 0 Å². The number of carbonyl (C=O) groups is 1. The number of benzene rings is 1. The second-order valence-corrected chi connectivity index (χ2v) is 7.51. The Labute approximate surface area is 147 Å². The molecule has 2 N–H and O–H groups in total. The average Bonchev–Trinajstić information content (AvgIpc) is 3.23. The number of pyridine rings is 1. The minimum Gasteiger partial charge on any atom is -0.397 e. The number of hydrogen-bond donors (Lipinski definition) is 1. The van der Waals surface area contributed by atoms with Gasteiger partial charge in [0.1, 0.15) is 9.71 Å². The normalized spacial score (nSPS) is 11.0. The number of nitrogens with two attached hydrogens (primary N) is 1. The van der Waals surface area contributed by atoms with E-state index in [4.69, 9.17) is 10.7 Å². The van der Waals surface area contributed by atoms with Crippen LogP contribution in [0.5, 0.6) is 0 Å². The van der Waals surface area contributed by atoms with E-state index in [1.54, 1.807) is 0 Å². The first-order valence-electron chi connectivity index (χ1n) is 7.48. The number of anilines is 1. The van der Waals surface area contributed by atoms with Crippen LogP contribution >= 0.6 is 22.7 Å². The quantitative estimate of drug-likeness (QED) is 0.520. The van der Waals surface area contributed by atoms with Gasteiger partial charge in [0, 0.05) is 10.9 Å². The first-order chi connectivity index (χ1) is 11.6. The summed E-state index contributed by atoms with van der Waals surface area (Å²) in [5.74, 6) is -0.0256. The molecule has 0 radical (unpaired) electrons. The molecule has 4 rings (SSSR count). The van der Waals surface area contributed by atoms with Gasteiger partial charge in [-0.05, 0) is 30.5 Å². The number of ketones is 1. The number of hydrogen-bond acceptors (Lipinski definition) is 5. The highest BCUT2D eigenvalue weighted by atomic mass is 32.1. The number of carbonyl (C=O) groups excluding carboxylic acids is 1. The summed E-state index contributed by atoms with van der Waals surface area (Å²) in [7, 11) is 0. The SMILES string of the molecule is Cc1ccc(-c2ccc3c(N)c(C(=O)c4cccs4)sc3n2)cc1. The molecule has 0 saturated heterocycles. The summed E-state index contributed by atoms with van der Waals surface area (Å²) in [5.41, 5.74) is 9.89. The highest BCUT2D eigenvalue weighted by Crippen LogP contribution is 2.36. The molecular formula is C19H14N2OS2. The van der Waals surface area contributed by atoms with E-state index in [1.807, 2.05) is 29.6 Å². The molecule has 0 aliphatic heterocycles. The fourth-order valence-corrected chi connectivity index (χ4v) is 4.35. The molecule has 4 aromatic rings. The summed E-state index contributed by atoms with van der Waals surface area (Å²) < 4.78 is 0. The Hall–Kier alpha value is -2.50. The maximum absolute atomic E-state index is 12.6. The van der Waals surface area contributed by atoms with Gasteiger partial charge in [-0.2, -0.15) is 0 Å². The number of nitrogens with zero attached hydrogens (tertiary/aromatic N) is 1. The van der Waals surface area contributed by atoms with E-state index >= 15 is 0 Å². The summed E-state index contributed by atoms with van der Waals surface area (Å²) in [4.78, 5) is 19.4. The van der Waals surface area contributed by atoms with E-state index < -0.39 is 0 Å². The number of aromatic nitrogens is 1. The lowest BCUT2D eigenvalue weighted by molar-refractivity contribution is 0.104. The molecule has 24 heavy (non-hydrogen) atoms. The van der Waals surface area contributed by atoms with Crippen molar-refractivity contribution in [2.45, 2.75) is 6.92 Å². The molecule has 0 fully saturated rings. The molecule has 118 valence electrons. The second kappa shape index (κ2) is 5.85. The van der Waals surface area contributed by atoms with Crippen molar-refractivity contribution in [3.63, 3.8) is 0 Å². The maximum atomic E-state index is 12.6. The van der Waals surface area contributed by atoms with Crippen LogP contribution in [0.15, 0.2) is 53.9 Å². The average molecular weight is 350 g/mol. The summed E-state index contributed by atoms with van der Waals surface area (Å²) in [5, 5.41) is 2.74. The third-order valence-electron chi connectivity index (χ3n) is 3.89. The number of aryl methyl sites for hydroxylation is 1. The van der Waals surface area contributed by atoms with Gasteiger partial charge >= 0.3 is 0 Å². The Morgan fingerprint density at radius 1 is 1.08 bits per heavy atom. The summed E-state index contributed by atoms with van der Waals surface area (Å²) >= 11 is 2.79. The number of nitrogen functional groups attached to an aromatic ring is 1. The fourth-order valence-electron chi connectivity index (χ4n) is 2.57. The van der Waals surface area contributed by atoms with Crippen LogP contribution in [0.1, 0.15) is 20.1 Å². The molecule has 0 atom stereocenters. The Bertz CT molecular complexity index is 1030. The van der Waals surface area contributed by atoms with Crippen molar-refractivity contribution in [2.75, 3.05) is 5.73 Å². The molecule has 0 aliphatic carbocycles. The zero-order chi connectivity index (χ0) is 16.7. The van der Waals surface area contributed by atoms with Crippen LogP contribution < -0.4 is 5.73 Å². The van der Waals surface area contributed by atoms with E-state index in [0.717, 1.165) is 21.5 Å². The Morgan fingerprint density at radius 2 is 1.88 bits per heavy atom. The number of thiophene rings is 2. The molecule has 5 heteroatoms. The van der Waals surface area contributed by atoms with Gasteiger partial charge < -0.3 is 5.73 Å². The molecule has 0 bridgehead atoms. The van der Waals surface area contributed by atoms with Crippen molar-refractivity contribution >= 4 is 44.4 Å². The first kappa shape index (κ1) is 15.1. The molecule has 0 unspecified atom stereocenters. The molecule has 0 amide bonds. The third-order valence-corrected chi connectivity index (χ3v) is 5.87. The molecule has 1 aromatic carbocycles. The van der Waals surface area contributed by atoms with E-state index in [1.165, 1.54) is 28.2 Å². The lowest BCUT2D eigenvalue weighted by Crippen LogP contribution is -1.99. The summed E-state index contributed by atoms with van der Waals surface area (Å²) in [6, 6.07) is 15.8. The molecule has 0 saturated carbocycles. The van der Waals surface area contributed by atoms with Gasteiger partial charge in [-0.1, -0.05) is 35.9 Å². The van der Waals surface area contributed by atoms with Crippen molar-refractivity contribution in [3.8, 4) is 11.3 Å². The van der Waals surface area contributed by atoms with Gasteiger partial charge in [0.25, 0.3) is 0 Å². The predicted octanol–water partition coefficient (Wildman–Crippen LogP) is 5.15. The first-order valence-corrected chi connectivity index (χ1v) is 9.17. The summed E-state index contributed by atoms with van der Waals surface area (Å²) in [6.07, 6.45) is 0. The minimum atomic E-state index is -0.0256. The second-order valence-electron chi connectivity index (χ2n) is 5.57. The fraction of sp³-hybridized carbons (Fsp3) is 0.0526. The van der Waals surface area contributed by atoms with Crippen LogP contribution in [0.25, 0.3) is 21.5 Å². The molecule has 0 spiro atoms. The number of fused-ring (bicyclic) bond motifs is 1. The van der Waals surface area contributed by atoms with Crippen molar-refractivity contribution in [3.05, 3.63) is 69.2 Å². The van der Waals surface area contributed by atoms with Gasteiger partial charge in [-0.3, -0.25) is 4.79 Å². The molecular weight excluding hydrogens is 336 g/mol. The molecule has 3 heterocycles. The van der Waals surface area contributed by atoms with Gasteiger partial charge in [-0.25, -0.2) is 4.98 Å². The topological polar surface area (TPSA) is 56.0 Å². The summed E-state index contributed by atoms with van der Waals surface area (Å²) in [6.45, 7) is 2.06. The predicted molar refractivity (Wildman–Crippen MR) is 102 cm³/mol. The van der Waals surface area contributed by atoms with Gasteiger partial charge in [0.05, 0.1) is 16.3 Å². The van der Waals surface area contributed by atoms with E-state index in [0.29, 0.717) is 15.4 Å². The molecule has 0 aliphatic rings. The van der Waals surface area contributed by atoms with Crippen molar-refractivity contribution < 1.29 is 4.79 Å². The van der Waals surface area contributed by atoms with Crippen LogP contribution in [0.4, 0.5) is 5.69 Å². The Kier molecular flexibility index (Phi) is 3.67. The highest BCUT2D eigenvalue weighted by molar-refractivity contribution is 7.22. The Morgan fingerprint density at radius 3 is 2.58 bits per heavy atom. The Balaban J connectivity index is 1.81. The lowest BCUT2D eigenvalue weighted by Gasteiger charge is -2.01. The standard InChI is InChI=1S/C19H14N2OS2/c1-11-4-6-12(7-5-11)14-9-8-13-16(20)18(24-19(13)21-14)17(22)15-3-2-10-23-15/h2-10H,20H2,1H3. The number of rotatable bonds is 3. The maximum Gasteiger partial charge on any atom is 0.215 e. The van der Waals surface area contributed by atoms with Gasteiger partial charge in [-0.15, -0.1) is 22.7 Å². The molecule has 3 aromatic heterocycles. The van der Waals surface area contributed by atoms with E-state index in [9.17, 15) is 4.79 Å². The van der Waals surface area contributed by atoms with Crippen LogP contribution in [-0.4, -0.2) is 10.8 Å². The highest BCUT2D eigenvalue weighted by Gasteiger charge is 2.19. The van der Waals surface area contributed by atoms with Crippen molar-refractivity contribution in [2.24, 2.45) is 0 Å². The minimum absolute atomic E-state index is 0.0256. The lowest BCUT2D eigenvalue weighted by atomic mass is 10.1. The van der Waals surface area contributed by atoms with Crippen LogP contribution in [-0.2, 0) is 0 Å². The smallest absolute Gasteiger partial charge is 0.215 e. The third kappa shape index (κ3) is 2.52. The molecule has 3 nitrogen and oxygen atoms in total. The van der Waals surface area contributed by atoms with E-state index in [-0.39, 0.29) is 5.78 Å². The van der Waals surface area contributed by atoms with Crippen LogP contribution in [0, 0.1) is 6.92 Å². The monoisotopic (exact) mass is 350 g/mol. The largest absolute Gasteiger partial charge is 0.397 e. The van der Waals surface area contributed by atoms with Crippen molar-refractivity contribution in [1.82, 2.24) is 4.98 Å². The van der Waals surface area contributed by atoms with Gasteiger partial charge in [0.2, 0.25) is 5.78 Å². The van der Waals surface area contributed by atoms with Gasteiger partial charge in [0.15, 0.2) is 0 Å². The zero-order valence-corrected chi connectivity index (χ0v) is 14.6.